The van der Waals surface area contributed by atoms with Gasteiger partial charge in [-0.15, -0.1) is 12.3 Å². The Morgan fingerprint density at radius 2 is 2.40 bits per heavy atom. The van der Waals surface area contributed by atoms with Gasteiger partial charge in [-0.1, -0.05) is 11.6 Å². The summed E-state index contributed by atoms with van der Waals surface area (Å²) in [5, 5.41) is 0.268. The second kappa shape index (κ2) is 3.87. The average Bonchev–Trinajstić information content (AvgIpc) is 2.60. The molecule has 0 aliphatic carbocycles. The molecular formula is C10H8ClN3O. The van der Waals surface area contributed by atoms with Crippen molar-refractivity contribution in [2.45, 2.75) is 6.42 Å². The van der Waals surface area contributed by atoms with E-state index in [1.54, 1.807) is 0 Å². The zero-order chi connectivity index (χ0) is 10.8. The van der Waals surface area contributed by atoms with E-state index in [-0.39, 0.29) is 17.0 Å². The first kappa shape index (κ1) is 9.94. The molecule has 0 aromatic carbocycles. The summed E-state index contributed by atoms with van der Waals surface area (Å²) in [5.74, 6) is 2.95. The van der Waals surface area contributed by atoms with E-state index in [1.165, 1.54) is 17.3 Å². The van der Waals surface area contributed by atoms with Crippen LogP contribution in [-0.4, -0.2) is 22.4 Å². The lowest BCUT2D eigenvalue weighted by molar-refractivity contribution is -0.117. The van der Waals surface area contributed by atoms with Gasteiger partial charge in [0.1, 0.15) is 5.15 Å². The van der Waals surface area contributed by atoms with Crippen LogP contribution in [0.15, 0.2) is 12.4 Å². The highest BCUT2D eigenvalue weighted by atomic mass is 35.5. The molecule has 1 aromatic rings. The second-order valence-electron chi connectivity index (χ2n) is 3.27. The minimum Gasteiger partial charge on any atom is -0.294 e. The number of hydrogen-bond donors (Lipinski definition) is 0. The summed E-state index contributed by atoms with van der Waals surface area (Å²) < 4.78 is 0. The first-order chi connectivity index (χ1) is 7.20. The van der Waals surface area contributed by atoms with Crippen molar-refractivity contribution in [2.24, 2.45) is 5.92 Å². The van der Waals surface area contributed by atoms with Crippen LogP contribution >= 0.6 is 11.6 Å². The van der Waals surface area contributed by atoms with Crippen LogP contribution in [0.25, 0.3) is 0 Å². The van der Waals surface area contributed by atoms with E-state index < -0.39 is 0 Å². The molecule has 1 aromatic heterocycles. The molecule has 0 saturated carbocycles. The molecule has 1 saturated heterocycles. The van der Waals surface area contributed by atoms with E-state index in [9.17, 15) is 4.79 Å². The van der Waals surface area contributed by atoms with Gasteiger partial charge in [0.25, 0.3) is 0 Å². The largest absolute Gasteiger partial charge is 0.294 e. The maximum Gasteiger partial charge on any atom is 0.229 e. The Labute approximate surface area is 92.3 Å². The molecule has 5 heteroatoms. The number of anilines is 1. The van der Waals surface area contributed by atoms with Crippen molar-refractivity contribution in [3.8, 4) is 12.3 Å². The third kappa shape index (κ3) is 1.92. The minimum atomic E-state index is -0.0433. The smallest absolute Gasteiger partial charge is 0.229 e. The first-order valence-electron chi connectivity index (χ1n) is 4.44. The lowest BCUT2D eigenvalue weighted by Crippen LogP contribution is -2.25. The Kier molecular flexibility index (Phi) is 2.57. The highest BCUT2D eigenvalue weighted by molar-refractivity contribution is 6.29. The molecule has 0 bridgehead atoms. The van der Waals surface area contributed by atoms with E-state index in [4.69, 9.17) is 18.0 Å². The number of hydrogen-bond acceptors (Lipinski definition) is 3. The van der Waals surface area contributed by atoms with Crippen molar-refractivity contribution in [1.29, 1.82) is 0 Å². The molecule has 0 spiro atoms. The highest BCUT2D eigenvalue weighted by Gasteiger charge is 2.30. The molecule has 4 nitrogen and oxygen atoms in total. The van der Waals surface area contributed by atoms with Crippen LogP contribution in [0.2, 0.25) is 5.15 Å². The highest BCUT2D eigenvalue weighted by Crippen LogP contribution is 2.23. The van der Waals surface area contributed by atoms with Gasteiger partial charge >= 0.3 is 0 Å². The van der Waals surface area contributed by atoms with Gasteiger partial charge in [-0.25, -0.2) is 4.98 Å². The van der Waals surface area contributed by atoms with Gasteiger partial charge in [-0.2, -0.15) is 0 Å². The standard InChI is InChI=1S/C10H8ClN3O/c1-2-7-3-10(15)14(6-7)9-5-12-4-8(11)13-9/h1,4-5,7H,3,6H2. The molecule has 76 valence electrons. The predicted octanol–water partition coefficient (Wildman–Crippen LogP) is 1.12. The Bertz CT molecular complexity index is 441. The monoisotopic (exact) mass is 221 g/mol. The van der Waals surface area contributed by atoms with Crippen molar-refractivity contribution in [3.63, 3.8) is 0 Å². The topological polar surface area (TPSA) is 46.1 Å². The molecule has 1 atom stereocenters. The molecule has 1 aliphatic heterocycles. The fourth-order valence-corrected chi connectivity index (χ4v) is 1.65. The van der Waals surface area contributed by atoms with Crippen molar-refractivity contribution < 1.29 is 4.79 Å². The zero-order valence-corrected chi connectivity index (χ0v) is 8.61. The molecule has 1 unspecified atom stereocenters. The normalized spacial score (nSPS) is 20.4. The Morgan fingerprint density at radius 1 is 1.60 bits per heavy atom. The Balaban J connectivity index is 2.26. The molecule has 1 amide bonds. The van der Waals surface area contributed by atoms with Gasteiger partial charge in [-0.3, -0.25) is 14.7 Å². The predicted molar refractivity (Wildman–Crippen MR) is 56.3 cm³/mol. The summed E-state index contributed by atoms with van der Waals surface area (Å²) in [6, 6.07) is 0. The van der Waals surface area contributed by atoms with Crippen LogP contribution in [0.1, 0.15) is 6.42 Å². The maximum atomic E-state index is 11.6. The fourth-order valence-electron chi connectivity index (χ4n) is 1.50. The number of amides is 1. The van der Waals surface area contributed by atoms with Crippen LogP contribution in [0, 0.1) is 18.3 Å². The van der Waals surface area contributed by atoms with Crippen LogP contribution in [0.4, 0.5) is 5.82 Å². The number of carbonyl (C=O) groups is 1. The van der Waals surface area contributed by atoms with E-state index in [0.29, 0.717) is 18.8 Å². The van der Waals surface area contributed by atoms with Crippen LogP contribution < -0.4 is 4.90 Å². The molecule has 1 fully saturated rings. The van der Waals surface area contributed by atoms with Crippen LogP contribution in [0.5, 0.6) is 0 Å². The van der Waals surface area contributed by atoms with Gasteiger partial charge in [0.15, 0.2) is 5.82 Å². The number of carbonyl (C=O) groups excluding carboxylic acids is 1. The summed E-state index contributed by atoms with van der Waals surface area (Å²) >= 11 is 5.69. The van der Waals surface area contributed by atoms with Gasteiger partial charge in [0.05, 0.1) is 12.4 Å². The molecule has 2 rings (SSSR count). The summed E-state index contributed by atoms with van der Waals surface area (Å²) in [5.41, 5.74) is 0. The second-order valence-corrected chi connectivity index (χ2v) is 3.66. The fraction of sp³-hybridized carbons (Fsp3) is 0.300. The maximum absolute atomic E-state index is 11.6. The number of terminal acetylenes is 1. The van der Waals surface area contributed by atoms with Crippen molar-refractivity contribution >= 4 is 23.3 Å². The summed E-state index contributed by atoms with van der Waals surface area (Å²) in [6.45, 7) is 0.490. The SMILES string of the molecule is C#CC1CC(=O)N(c2cncc(Cl)n2)C1. The third-order valence-electron chi connectivity index (χ3n) is 2.23. The van der Waals surface area contributed by atoms with E-state index in [0.717, 1.165) is 0 Å². The first-order valence-corrected chi connectivity index (χ1v) is 4.82. The van der Waals surface area contributed by atoms with Crippen molar-refractivity contribution in [2.75, 3.05) is 11.4 Å². The lowest BCUT2D eigenvalue weighted by Gasteiger charge is -2.13. The molecule has 15 heavy (non-hydrogen) atoms. The van der Waals surface area contributed by atoms with E-state index in [2.05, 4.69) is 15.9 Å². The molecule has 0 N–H and O–H groups in total. The van der Waals surface area contributed by atoms with Crippen molar-refractivity contribution in [3.05, 3.63) is 17.5 Å². The summed E-state index contributed by atoms with van der Waals surface area (Å²) in [6.07, 6.45) is 8.56. The van der Waals surface area contributed by atoms with E-state index >= 15 is 0 Å². The molecular weight excluding hydrogens is 214 g/mol. The van der Waals surface area contributed by atoms with Gasteiger partial charge in [-0.05, 0) is 0 Å². The van der Waals surface area contributed by atoms with Crippen LogP contribution in [0.3, 0.4) is 0 Å². The van der Waals surface area contributed by atoms with Gasteiger partial charge in [0.2, 0.25) is 5.91 Å². The van der Waals surface area contributed by atoms with Gasteiger partial charge in [0, 0.05) is 18.9 Å². The number of nitrogens with zero attached hydrogens (tertiary/aromatic N) is 3. The molecule has 0 radical (unpaired) electrons. The number of aromatic nitrogens is 2. The quantitative estimate of drug-likeness (QED) is 0.668. The van der Waals surface area contributed by atoms with E-state index in [1.807, 2.05) is 0 Å². The summed E-state index contributed by atoms with van der Waals surface area (Å²) in [4.78, 5) is 21.0. The minimum absolute atomic E-state index is 0.0329. The van der Waals surface area contributed by atoms with Crippen molar-refractivity contribution in [1.82, 2.24) is 9.97 Å². The molecule has 1 aliphatic rings. The Morgan fingerprint density at radius 3 is 3.00 bits per heavy atom. The number of rotatable bonds is 1. The lowest BCUT2D eigenvalue weighted by atomic mass is 10.1. The molecule has 2 heterocycles. The average molecular weight is 222 g/mol. The summed E-state index contributed by atoms with van der Waals surface area (Å²) in [7, 11) is 0. The van der Waals surface area contributed by atoms with Gasteiger partial charge < -0.3 is 0 Å². The van der Waals surface area contributed by atoms with Crippen LogP contribution in [-0.2, 0) is 4.79 Å². The Hall–Kier alpha value is -1.60. The third-order valence-corrected chi connectivity index (χ3v) is 2.41. The number of halogens is 1. The zero-order valence-electron chi connectivity index (χ0n) is 7.85.